The third-order valence-electron chi connectivity index (χ3n) is 5.83. The van der Waals surface area contributed by atoms with Crippen molar-refractivity contribution in [2.24, 2.45) is 0 Å². The first-order valence-corrected chi connectivity index (χ1v) is 10.2. The Kier molecular flexibility index (Phi) is 7.55. The van der Waals surface area contributed by atoms with Gasteiger partial charge in [0, 0.05) is 0 Å². The van der Waals surface area contributed by atoms with Crippen molar-refractivity contribution >= 4 is 12.2 Å². The number of hydrogen-bond acceptors (Lipinski definition) is 0. The Morgan fingerprint density at radius 3 is 2.12 bits per heavy atom. The third-order valence-corrected chi connectivity index (χ3v) is 8.08. The Morgan fingerprint density at radius 1 is 0.846 bits per heavy atom. The molecule has 0 radical (unpaired) electrons. The number of halogens is 2. The summed E-state index contributed by atoms with van der Waals surface area (Å²) in [5.41, 5.74) is 5.90. The molecular weight excluding hydrogens is 438 g/mol. The molecule has 3 heteroatoms. The molecule has 0 amide bonds. The maximum Gasteiger partial charge on any atom is -1.00 e. The van der Waals surface area contributed by atoms with E-state index in [1.807, 2.05) is 0 Å². The average Bonchev–Trinajstić information content (AvgIpc) is 3.24. The predicted molar refractivity (Wildman–Crippen MR) is 98.7 cm³/mol. The summed E-state index contributed by atoms with van der Waals surface area (Å²) in [5, 5.41) is 0. The molecule has 26 heavy (non-hydrogen) atoms. The Hall–Kier alpha value is -0.617. The molecule has 3 atom stereocenters. The second-order valence-corrected chi connectivity index (χ2v) is 9.56. The smallest absolute Gasteiger partial charge is 1.00 e. The molecule has 4 rings (SSSR count). The van der Waals surface area contributed by atoms with Crippen LogP contribution in [0.25, 0.3) is 12.2 Å². The first-order chi connectivity index (χ1) is 11.7. The van der Waals surface area contributed by atoms with E-state index in [1.54, 1.807) is 30.3 Å². The molecule has 2 aromatic rings. The van der Waals surface area contributed by atoms with Crippen molar-refractivity contribution in [1.82, 2.24) is 0 Å². The molecule has 3 unspecified atom stereocenters. The van der Waals surface area contributed by atoms with Crippen LogP contribution in [0.2, 0.25) is 3.12 Å². The minimum Gasteiger partial charge on any atom is -1.00 e. The Labute approximate surface area is 184 Å². The molecule has 0 nitrogen and oxygen atoms in total. The predicted octanol–water partition coefficient (Wildman–Crippen LogP) is 0.511. The topological polar surface area (TPSA) is 0 Å². The largest absolute Gasteiger partial charge is 1.00 e. The summed E-state index contributed by atoms with van der Waals surface area (Å²) < 4.78 is 0.418. The molecule has 0 heterocycles. The molecule has 0 bridgehead atoms. The SMILES string of the molecule is CC[C]([Zr+2])(CCC1C=Cc2ccccc21)C1C=Cc2ccccc21.[Cl-].[Cl-]. The van der Waals surface area contributed by atoms with Crippen LogP contribution < -0.4 is 24.8 Å². The van der Waals surface area contributed by atoms with Gasteiger partial charge in [0.25, 0.3) is 0 Å². The van der Waals surface area contributed by atoms with Gasteiger partial charge in [-0.25, -0.2) is 0 Å². The van der Waals surface area contributed by atoms with Crippen molar-refractivity contribution in [1.29, 1.82) is 0 Å². The van der Waals surface area contributed by atoms with Crippen LogP contribution in [0.4, 0.5) is 0 Å². The van der Waals surface area contributed by atoms with Crippen molar-refractivity contribution < 1.29 is 49.5 Å². The second kappa shape index (κ2) is 9.05. The Bertz CT molecular complexity index is 811. The number of fused-ring (bicyclic) bond motifs is 2. The van der Waals surface area contributed by atoms with Crippen molar-refractivity contribution in [2.45, 2.75) is 41.1 Å². The molecule has 0 saturated carbocycles. The van der Waals surface area contributed by atoms with E-state index >= 15 is 0 Å². The van der Waals surface area contributed by atoms with Crippen LogP contribution in [0.5, 0.6) is 0 Å². The summed E-state index contributed by atoms with van der Waals surface area (Å²) in [7, 11) is 0. The molecule has 0 spiro atoms. The molecule has 2 aromatic carbocycles. The van der Waals surface area contributed by atoms with Crippen molar-refractivity contribution in [3.63, 3.8) is 0 Å². The van der Waals surface area contributed by atoms with Crippen LogP contribution in [0.15, 0.2) is 60.7 Å². The number of rotatable bonds is 5. The van der Waals surface area contributed by atoms with Gasteiger partial charge in [0.05, 0.1) is 0 Å². The summed E-state index contributed by atoms with van der Waals surface area (Å²) in [5.74, 6) is 1.20. The van der Waals surface area contributed by atoms with Crippen LogP contribution in [0.1, 0.15) is 60.3 Å². The van der Waals surface area contributed by atoms with Crippen LogP contribution in [0.3, 0.4) is 0 Å². The first kappa shape index (κ1) is 21.7. The van der Waals surface area contributed by atoms with Gasteiger partial charge >= 0.3 is 161 Å². The van der Waals surface area contributed by atoms with E-state index in [0.717, 1.165) is 0 Å². The van der Waals surface area contributed by atoms with E-state index in [-0.39, 0.29) is 24.8 Å². The summed E-state index contributed by atoms with van der Waals surface area (Å²) >= 11 is 1.68. The van der Waals surface area contributed by atoms with E-state index in [0.29, 0.717) is 15.0 Å². The van der Waals surface area contributed by atoms with E-state index in [9.17, 15) is 0 Å². The number of allylic oxidation sites excluding steroid dienone is 2. The zero-order valence-corrected chi connectivity index (χ0v) is 18.9. The van der Waals surface area contributed by atoms with E-state index in [1.165, 1.54) is 36.0 Å². The number of benzene rings is 2. The van der Waals surface area contributed by atoms with Gasteiger partial charge < -0.3 is 24.8 Å². The maximum absolute atomic E-state index is 2.46. The van der Waals surface area contributed by atoms with E-state index in [4.69, 9.17) is 0 Å². The van der Waals surface area contributed by atoms with E-state index < -0.39 is 0 Å². The normalized spacial score (nSPS) is 21.3. The van der Waals surface area contributed by atoms with Gasteiger partial charge in [-0.1, -0.05) is 0 Å². The number of hydrogen-bond donors (Lipinski definition) is 0. The van der Waals surface area contributed by atoms with Gasteiger partial charge in [-0.05, 0) is 0 Å². The summed E-state index contributed by atoms with van der Waals surface area (Å²) in [6, 6.07) is 17.8. The molecule has 0 N–H and O–H groups in total. The molecule has 133 valence electrons. The molecule has 2 aliphatic carbocycles. The minimum atomic E-state index is 0. The van der Waals surface area contributed by atoms with Crippen molar-refractivity contribution in [3.8, 4) is 0 Å². The average molecular weight is 462 g/mol. The minimum absolute atomic E-state index is 0. The second-order valence-electron chi connectivity index (χ2n) is 7.11. The molecule has 0 aromatic heterocycles. The molecular formula is C23H23Cl2Zr. The van der Waals surface area contributed by atoms with Gasteiger partial charge in [-0.2, -0.15) is 0 Å². The molecule has 2 aliphatic rings. The molecule has 0 saturated heterocycles. The van der Waals surface area contributed by atoms with Crippen molar-refractivity contribution in [3.05, 3.63) is 82.9 Å². The van der Waals surface area contributed by atoms with Gasteiger partial charge in [-0.3, -0.25) is 0 Å². The summed E-state index contributed by atoms with van der Waals surface area (Å²) in [6.45, 7) is 2.38. The quantitative estimate of drug-likeness (QED) is 0.609. The monoisotopic (exact) mass is 459 g/mol. The fourth-order valence-corrected chi connectivity index (χ4v) is 5.25. The fraction of sp³-hybridized carbons (Fsp3) is 0.304. The summed E-state index contributed by atoms with van der Waals surface area (Å²) in [4.78, 5) is 0. The molecule has 0 aliphatic heterocycles. The van der Waals surface area contributed by atoms with Gasteiger partial charge in [0.15, 0.2) is 0 Å². The Morgan fingerprint density at radius 2 is 1.42 bits per heavy atom. The summed E-state index contributed by atoms with van der Waals surface area (Å²) in [6.07, 6.45) is 13.3. The zero-order valence-electron chi connectivity index (χ0n) is 15.0. The standard InChI is InChI=1S/C23H23.2ClH.Zr/c1-2-17(23-16-15-19-8-4-6-10-22(19)23)11-12-20-14-13-18-7-3-5-9-21(18)20;;;/h3-10,13-16,20,23H,2,11-12H2,1H3;2*1H;/q;;;+2/p-2. The maximum atomic E-state index is 2.46. The third kappa shape index (κ3) is 3.96. The van der Waals surface area contributed by atoms with Gasteiger partial charge in [0.2, 0.25) is 0 Å². The zero-order chi connectivity index (χ0) is 16.6. The van der Waals surface area contributed by atoms with Crippen molar-refractivity contribution in [2.75, 3.05) is 0 Å². The first-order valence-electron chi connectivity index (χ1n) is 9.00. The van der Waals surface area contributed by atoms with Crippen LogP contribution >= 0.6 is 0 Å². The Balaban J connectivity index is 0.00000121. The molecule has 0 fully saturated rings. The van der Waals surface area contributed by atoms with Crippen LogP contribution in [0, 0.1) is 0 Å². The van der Waals surface area contributed by atoms with Crippen LogP contribution in [-0.2, 0) is 24.7 Å². The van der Waals surface area contributed by atoms with E-state index in [2.05, 4.69) is 79.8 Å². The van der Waals surface area contributed by atoms with Gasteiger partial charge in [-0.15, -0.1) is 0 Å². The van der Waals surface area contributed by atoms with Gasteiger partial charge in [0.1, 0.15) is 0 Å². The fourth-order valence-electron chi connectivity index (χ4n) is 4.27. The van der Waals surface area contributed by atoms with Crippen LogP contribution in [-0.4, -0.2) is 0 Å².